The van der Waals surface area contributed by atoms with Gasteiger partial charge in [0, 0.05) is 51.0 Å². The predicted molar refractivity (Wildman–Crippen MR) is 141 cm³/mol. The van der Waals surface area contributed by atoms with Crippen LogP contribution in [0.2, 0.25) is 5.02 Å². The second-order valence-corrected chi connectivity index (χ2v) is 12.6. The van der Waals surface area contributed by atoms with Crippen LogP contribution in [0.1, 0.15) is 4.88 Å². The Morgan fingerprint density at radius 3 is 2.27 bits per heavy atom. The van der Waals surface area contributed by atoms with Gasteiger partial charge in [0.1, 0.15) is 4.90 Å². The minimum atomic E-state index is -3.72. The monoisotopic (exact) mass is 628 g/mol. The van der Waals surface area contributed by atoms with Crippen LogP contribution < -0.4 is 0 Å². The van der Waals surface area contributed by atoms with E-state index in [0.29, 0.717) is 17.6 Å². The molecule has 1 fully saturated rings. The van der Waals surface area contributed by atoms with Gasteiger partial charge >= 0.3 is 0 Å². The van der Waals surface area contributed by atoms with Crippen LogP contribution in [0, 0.1) is 0 Å². The average molecular weight is 631 g/mol. The molecule has 0 aliphatic carbocycles. The molecule has 172 valence electrons. The molecule has 0 radical (unpaired) electrons. The van der Waals surface area contributed by atoms with Gasteiger partial charge in [-0.3, -0.25) is 4.79 Å². The lowest BCUT2D eigenvalue weighted by molar-refractivity contribution is -0.127. The lowest BCUT2D eigenvalue weighted by Crippen LogP contribution is -2.50. The Morgan fingerprint density at radius 2 is 1.61 bits per heavy atom. The van der Waals surface area contributed by atoms with E-state index >= 15 is 0 Å². The van der Waals surface area contributed by atoms with Crippen LogP contribution >= 0.6 is 54.8 Å². The van der Waals surface area contributed by atoms with Gasteiger partial charge in [-0.05, 0) is 54.1 Å². The van der Waals surface area contributed by atoms with E-state index in [1.165, 1.54) is 10.4 Å². The minimum Gasteiger partial charge on any atom is -0.337 e. The van der Waals surface area contributed by atoms with Crippen molar-refractivity contribution in [2.24, 2.45) is 0 Å². The second kappa shape index (κ2) is 10.4. The second-order valence-electron chi connectivity index (χ2n) is 7.35. The number of benzene rings is 2. The maximum atomic E-state index is 13.0. The number of piperazine rings is 1. The number of carbonyl (C=O) groups is 1. The molecule has 1 aromatic heterocycles. The first kappa shape index (κ1) is 24.6. The largest absolute Gasteiger partial charge is 0.337 e. The Kier molecular flexibility index (Phi) is 7.77. The van der Waals surface area contributed by atoms with E-state index in [1.54, 1.807) is 40.5 Å². The third kappa shape index (κ3) is 5.78. The Bertz CT molecular complexity index is 1300. The molecule has 1 aliphatic rings. The van der Waals surface area contributed by atoms with Gasteiger partial charge in [-0.15, -0.1) is 11.3 Å². The van der Waals surface area contributed by atoms with Gasteiger partial charge < -0.3 is 4.90 Å². The van der Waals surface area contributed by atoms with Gasteiger partial charge in [-0.1, -0.05) is 55.6 Å². The Balaban J connectivity index is 1.37. The zero-order valence-electron chi connectivity index (χ0n) is 17.2. The molecule has 1 saturated heterocycles. The molecular weight excluding hydrogens is 612 g/mol. The van der Waals surface area contributed by atoms with Crippen molar-refractivity contribution < 1.29 is 13.2 Å². The molecular formula is C23H19Br2ClN2O3S2. The van der Waals surface area contributed by atoms with Crippen molar-refractivity contribution in [3.05, 3.63) is 79.5 Å². The van der Waals surface area contributed by atoms with Crippen molar-refractivity contribution >= 4 is 76.8 Å². The zero-order chi connectivity index (χ0) is 23.6. The molecule has 1 amide bonds. The molecule has 1 aliphatic heterocycles. The number of carbonyl (C=O) groups excluding carboxylic acids is 1. The van der Waals surface area contributed by atoms with E-state index in [1.807, 2.05) is 36.4 Å². The lowest BCUT2D eigenvalue weighted by Gasteiger charge is -2.33. The van der Waals surface area contributed by atoms with E-state index < -0.39 is 10.0 Å². The molecule has 3 aromatic rings. The normalized spacial score (nSPS) is 15.3. The fourth-order valence-electron chi connectivity index (χ4n) is 3.44. The number of amides is 1. The SMILES string of the molecule is O=C(/C=C/c1ccc(-c2ccc(Br)cc2)s1)N1CCN(S(=O)(=O)c2ccc(Br)cc2Cl)CC1. The molecule has 4 rings (SSSR count). The fourth-order valence-corrected chi connectivity index (χ4v) is 7.06. The molecule has 0 bridgehead atoms. The van der Waals surface area contributed by atoms with Crippen molar-refractivity contribution in [1.29, 1.82) is 0 Å². The first-order valence-electron chi connectivity index (χ1n) is 10.0. The Labute approximate surface area is 219 Å². The third-order valence-corrected chi connectivity index (χ3v) is 9.71. The number of thiophene rings is 1. The molecule has 0 spiro atoms. The summed E-state index contributed by atoms with van der Waals surface area (Å²) in [5.41, 5.74) is 1.12. The summed E-state index contributed by atoms with van der Waals surface area (Å²) in [6, 6.07) is 16.8. The maximum Gasteiger partial charge on any atom is 0.246 e. The van der Waals surface area contributed by atoms with Crippen molar-refractivity contribution in [1.82, 2.24) is 9.21 Å². The summed E-state index contributed by atoms with van der Waals surface area (Å²) in [4.78, 5) is 16.5. The van der Waals surface area contributed by atoms with Gasteiger partial charge in [-0.25, -0.2) is 8.42 Å². The molecule has 2 heterocycles. The number of hydrogen-bond donors (Lipinski definition) is 0. The van der Waals surface area contributed by atoms with Gasteiger partial charge in [0.2, 0.25) is 15.9 Å². The van der Waals surface area contributed by atoms with Gasteiger partial charge in [0.15, 0.2) is 0 Å². The highest BCUT2D eigenvalue weighted by molar-refractivity contribution is 9.10. The van der Waals surface area contributed by atoms with Crippen LogP contribution in [-0.4, -0.2) is 49.7 Å². The van der Waals surface area contributed by atoms with Crippen LogP contribution in [0.4, 0.5) is 0 Å². The number of halogens is 3. The zero-order valence-corrected chi connectivity index (χ0v) is 22.8. The van der Waals surface area contributed by atoms with Gasteiger partial charge in [0.05, 0.1) is 5.02 Å². The lowest BCUT2D eigenvalue weighted by atomic mass is 10.2. The maximum absolute atomic E-state index is 13.0. The van der Waals surface area contributed by atoms with E-state index in [0.717, 1.165) is 19.8 Å². The molecule has 0 saturated carbocycles. The van der Waals surface area contributed by atoms with Gasteiger partial charge in [0.25, 0.3) is 0 Å². The Hall–Kier alpha value is -1.49. The van der Waals surface area contributed by atoms with E-state index in [9.17, 15) is 13.2 Å². The summed E-state index contributed by atoms with van der Waals surface area (Å²) in [5, 5.41) is 0.171. The molecule has 10 heteroatoms. The van der Waals surface area contributed by atoms with E-state index in [2.05, 4.69) is 31.9 Å². The fraction of sp³-hybridized carbons (Fsp3) is 0.174. The summed E-state index contributed by atoms with van der Waals surface area (Å²) < 4.78 is 29.0. The quantitative estimate of drug-likeness (QED) is 0.319. The minimum absolute atomic E-state index is 0.0753. The third-order valence-electron chi connectivity index (χ3n) is 5.21. The predicted octanol–water partition coefficient (Wildman–Crippen LogP) is 6.14. The summed E-state index contributed by atoms with van der Waals surface area (Å²) in [6.07, 6.45) is 3.35. The summed E-state index contributed by atoms with van der Waals surface area (Å²) in [5.74, 6) is -0.132. The van der Waals surface area contributed by atoms with Crippen molar-refractivity contribution in [2.75, 3.05) is 26.2 Å². The molecule has 2 aromatic carbocycles. The average Bonchev–Trinajstić information content (AvgIpc) is 3.27. The standard InChI is InChI=1S/C23H19Br2ClN2O3S2/c24-17-3-1-16(2-4-17)21-8-6-19(32-21)7-10-23(29)27-11-13-28(14-12-27)33(30,31)22-9-5-18(25)15-20(22)26/h1-10,15H,11-14H2/b10-7+. The van der Waals surface area contributed by atoms with Crippen molar-refractivity contribution in [3.8, 4) is 10.4 Å². The van der Waals surface area contributed by atoms with Crippen LogP contribution in [-0.2, 0) is 14.8 Å². The Morgan fingerprint density at radius 1 is 0.939 bits per heavy atom. The molecule has 33 heavy (non-hydrogen) atoms. The number of nitrogens with zero attached hydrogens (tertiary/aromatic N) is 2. The van der Waals surface area contributed by atoms with Crippen LogP contribution in [0.15, 0.2) is 74.5 Å². The summed E-state index contributed by atoms with van der Waals surface area (Å²) >= 11 is 14.5. The first-order chi connectivity index (χ1) is 15.7. The molecule has 0 unspecified atom stereocenters. The van der Waals surface area contributed by atoms with Crippen molar-refractivity contribution in [3.63, 3.8) is 0 Å². The van der Waals surface area contributed by atoms with Crippen LogP contribution in [0.3, 0.4) is 0 Å². The van der Waals surface area contributed by atoms with Crippen LogP contribution in [0.5, 0.6) is 0 Å². The summed E-state index contributed by atoms with van der Waals surface area (Å²) in [6.45, 7) is 1.10. The topological polar surface area (TPSA) is 57.7 Å². The molecule has 0 atom stereocenters. The van der Waals surface area contributed by atoms with Crippen LogP contribution in [0.25, 0.3) is 16.5 Å². The summed E-state index contributed by atoms with van der Waals surface area (Å²) in [7, 11) is -3.72. The smallest absolute Gasteiger partial charge is 0.246 e. The highest BCUT2D eigenvalue weighted by Gasteiger charge is 2.31. The molecule has 5 nitrogen and oxygen atoms in total. The highest BCUT2D eigenvalue weighted by Crippen LogP contribution is 2.30. The van der Waals surface area contributed by atoms with E-state index in [4.69, 9.17) is 11.6 Å². The highest BCUT2D eigenvalue weighted by atomic mass is 79.9. The van der Waals surface area contributed by atoms with Crippen molar-refractivity contribution in [2.45, 2.75) is 4.90 Å². The van der Waals surface area contributed by atoms with Gasteiger partial charge in [-0.2, -0.15) is 4.31 Å². The van der Waals surface area contributed by atoms with E-state index in [-0.39, 0.29) is 28.9 Å². The number of rotatable bonds is 5. The first-order valence-corrected chi connectivity index (χ1v) is 14.2. The number of hydrogen-bond acceptors (Lipinski definition) is 4. The molecule has 0 N–H and O–H groups in total. The number of sulfonamides is 1.